The van der Waals surface area contributed by atoms with Gasteiger partial charge in [-0.1, -0.05) is 30.3 Å². The molecule has 1 atom stereocenters. The van der Waals surface area contributed by atoms with E-state index in [0.717, 1.165) is 31.5 Å². The molecule has 0 aliphatic carbocycles. The van der Waals surface area contributed by atoms with Crippen LogP contribution in [-0.2, 0) is 20.9 Å². The Kier molecular flexibility index (Phi) is 5.75. The van der Waals surface area contributed by atoms with Crippen LogP contribution in [0.1, 0.15) is 31.2 Å². The molecule has 0 aromatic heterocycles. The van der Waals surface area contributed by atoms with E-state index in [9.17, 15) is 9.59 Å². The molecule has 0 bridgehead atoms. The lowest BCUT2D eigenvalue weighted by atomic mass is 10.1. The Morgan fingerprint density at radius 1 is 1.19 bits per heavy atom. The number of carbonyl (C=O) groups is 2. The van der Waals surface area contributed by atoms with Gasteiger partial charge in [0.25, 0.3) is 0 Å². The summed E-state index contributed by atoms with van der Waals surface area (Å²) < 4.78 is 5.16. The van der Waals surface area contributed by atoms with Gasteiger partial charge in [-0.25, -0.2) is 0 Å². The van der Waals surface area contributed by atoms with Gasteiger partial charge in [0, 0.05) is 19.5 Å². The van der Waals surface area contributed by atoms with Crippen molar-refractivity contribution in [2.75, 3.05) is 13.1 Å². The highest BCUT2D eigenvalue weighted by Crippen LogP contribution is 2.11. The largest absolute Gasteiger partial charge is 0.461 e. The second-order valence-corrected chi connectivity index (χ2v) is 5.32. The molecular weight excluding hydrogens is 268 g/mol. The Balaban J connectivity index is 1.67. The van der Waals surface area contributed by atoms with Crippen LogP contribution >= 0.6 is 0 Å². The summed E-state index contributed by atoms with van der Waals surface area (Å²) in [6.45, 7) is 1.82. The third-order valence-corrected chi connectivity index (χ3v) is 3.64. The van der Waals surface area contributed by atoms with Crippen molar-refractivity contribution in [3.63, 3.8) is 0 Å². The van der Waals surface area contributed by atoms with Crippen molar-refractivity contribution in [3.8, 4) is 0 Å². The van der Waals surface area contributed by atoms with Crippen molar-refractivity contribution in [2.45, 2.75) is 38.3 Å². The minimum atomic E-state index is -0.604. The second-order valence-electron chi connectivity index (χ2n) is 5.32. The van der Waals surface area contributed by atoms with Crippen molar-refractivity contribution in [2.24, 2.45) is 5.73 Å². The number of hydrogen-bond acceptors (Lipinski definition) is 4. The first kappa shape index (κ1) is 15.5. The van der Waals surface area contributed by atoms with Gasteiger partial charge in [0.1, 0.15) is 6.61 Å². The van der Waals surface area contributed by atoms with E-state index in [2.05, 4.69) is 0 Å². The molecule has 1 heterocycles. The minimum Gasteiger partial charge on any atom is -0.461 e. The summed E-state index contributed by atoms with van der Waals surface area (Å²) in [7, 11) is 0. The van der Waals surface area contributed by atoms with Gasteiger partial charge in [0.2, 0.25) is 5.91 Å². The van der Waals surface area contributed by atoms with Gasteiger partial charge in [0.05, 0.1) is 6.04 Å². The number of amides is 1. The predicted octanol–water partition coefficient (Wildman–Crippen LogP) is 1.46. The standard InChI is InChI=1S/C16H22N2O3/c17-14(16(20)18-10-4-5-11-18)8-9-15(19)21-12-13-6-2-1-3-7-13/h1-3,6-7,14H,4-5,8-12,17H2/t14-/m0/s1. The van der Waals surface area contributed by atoms with Crippen molar-refractivity contribution >= 4 is 11.9 Å². The zero-order valence-corrected chi connectivity index (χ0v) is 12.2. The lowest BCUT2D eigenvalue weighted by Crippen LogP contribution is -2.42. The Bertz CT molecular complexity index is 470. The molecule has 5 nitrogen and oxygen atoms in total. The van der Waals surface area contributed by atoms with Gasteiger partial charge in [-0.15, -0.1) is 0 Å². The highest BCUT2D eigenvalue weighted by atomic mass is 16.5. The van der Waals surface area contributed by atoms with Crippen molar-refractivity contribution in [1.29, 1.82) is 0 Å². The fraction of sp³-hybridized carbons (Fsp3) is 0.500. The normalized spacial score (nSPS) is 15.8. The van der Waals surface area contributed by atoms with Gasteiger partial charge in [-0.3, -0.25) is 9.59 Å². The van der Waals surface area contributed by atoms with Crippen LogP contribution < -0.4 is 5.73 Å². The molecule has 114 valence electrons. The molecule has 0 radical (unpaired) electrons. The predicted molar refractivity (Wildman–Crippen MR) is 79.3 cm³/mol. The maximum atomic E-state index is 12.0. The molecule has 0 saturated carbocycles. The zero-order chi connectivity index (χ0) is 15.1. The molecule has 5 heteroatoms. The van der Waals surface area contributed by atoms with E-state index in [1.54, 1.807) is 4.90 Å². The van der Waals surface area contributed by atoms with E-state index in [4.69, 9.17) is 10.5 Å². The number of nitrogens with two attached hydrogens (primary N) is 1. The summed E-state index contributed by atoms with van der Waals surface area (Å²) in [6, 6.07) is 8.90. The molecule has 1 saturated heterocycles. The van der Waals surface area contributed by atoms with E-state index in [1.807, 2.05) is 30.3 Å². The fourth-order valence-corrected chi connectivity index (χ4v) is 2.38. The summed E-state index contributed by atoms with van der Waals surface area (Å²) in [5.41, 5.74) is 6.80. The van der Waals surface area contributed by atoms with Crippen LogP contribution in [0.4, 0.5) is 0 Å². The zero-order valence-electron chi connectivity index (χ0n) is 12.2. The molecule has 1 aromatic carbocycles. The van der Waals surface area contributed by atoms with E-state index < -0.39 is 6.04 Å². The molecule has 1 amide bonds. The van der Waals surface area contributed by atoms with Crippen molar-refractivity contribution < 1.29 is 14.3 Å². The van der Waals surface area contributed by atoms with Crippen LogP contribution in [0.25, 0.3) is 0 Å². The summed E-state index contributed by atoms with van der Waals surface area (Å²) in [5.74, 6) is -0.369. The Hall–Kier alpha value is -1.88. The molecular formula is C16H22N2O3. The Morgan fingerprint density at radius 3 is 2.52 bits per heavy atom. The number of hydrogen-bond donors (Lipinski definition) is 1. The first-order chi connectivity index (χ1) is 10.2. The Labute approximate surface area is 125 Å². The third-order valence-electron chi connectivity index (χ3n) is 3.64. The lowest BCUT2D eigenvalue weighted by Gasteiger charge is -2.19. The molecule has 2 N–H and O–H groups in total. The topological polar surface area (TPSA) is 72.6 Å². The van der Waals surface area contributed by atoms with Crippen LogP contribution in [0.3, 0.4) is 0 Å². The average Bonchev–Trinajstić information content (AvgIpc) is 3.05. The number of rotatable bonds is 6. The highest BCUT2D eigenvalue weighted by molar-refractivity contribution is 5.82. The minimum absolute atomic E-state index is 0.0524. The van der Waals surface area contributed by atoms with E-state index in [0.29, 0.717) is 6.42 Å². The van der Waals surface area contributed by atoms with Crippen molar-refractivity contribution in [1.82, 2.24) is 4.90 Å². The summed E-state index contributed by atoms with van der Waals surface area (Å²) in [5, 5.41) is 0. The third kappa shape index (κ3) is 4.86. The number of likely N-dealkylation sites (tertiary alicyclic amines) is 1. The van der Waals surface area contributed by atoms with Crippen LogP contribution in [-0.4, -0.2) is 35.9 Å². The molecule has 0 unspecified atom stereocenters. The quantitative estimate of drug-likeness (QED) is 0.805. The first-order valence-electron chi connectivity index (χ1n) is 7.41. The number of ether oxygens (including phenoxy) is 1. The summed E-state index contributed by atoms with van der Waals surface area (Å²) in [6.07, 6.45) is 2.59. The van der Waals surface area contributed by atoms with Crippen LogP contribution in [0.5, 0.6) is 0 Å². The maximum Gasteiger partial charge on any atom is 0.306 e. The summed E-state index contributed by atoms with van der Waals surface area (Å²) >= 11 is 0. The van der Waals surface area contributed by atoms with Crippen LogP contribution in [0, 0.1) is 0 Å². The van der Waals surface area contributed by atoms with Crippen molar-refractivity contribution in [3.05, 3.63) is 35.9 Å². The fourth-order valence-electron chi connectivity index (χ4n) is 2.38. The first-order valence-corrected chi connectivity index (χ1v) is 7.41. The molecule has 1 aliphatic rings. The highest BCUT2D eigenvalue weighted by Gasteiger charge is 2.24. The van der Waals surface area contributed by atoms with Gasteiger partial charge in [0.15, 0.2) is 0 Å². The number of nitrogens with zero attached hydrogens (tertiary/aromatic N) is 1. The number of carbonyl (C=O) groups excluding carboxylic acids is 2. The Morgan fingerprint density at radius 2 is 1.86 bits per heavy atom. The molecule has 0 spiro atoms. The van der Waals surface area contributed by atoms with Crippen LogP contribution in [0.15, 0.2) is 30.3 Å². The second kappa shape index (κ2) is 7.78. The number of benzene rings is 1. The molecule has 21 heavy (non-hydrogen) atoms. The van der Waals surface area contributed by atoms with E-state index in [-0.39, 0.29) is 24.9 Å². The summed E-state index contributed by atoms with van der Waals surface area (Å²) in [4.78, 5) is 25.4. The monoisotopic (exact) mass is 290 g/mol. The van der Waals surface area contributed by atoms with Gasteiger partial charge < -0.3 is 15.4 Å². The molecule has 1 aromatic rings. The molecule has 2 rings (SSSR count). The van der Waals surface area contributed by atoms with Gasteiger partial charge in [-0.05, 0) is 24.8 Å². The smallest absolute Gasteiger partial charge is 0.306 e. The van der Waals surface area contributed by atoms with Gasteiger partial charge >= 0.3 is 5.97 Å². The average molecular weight is 290 g/mol. The SMILES string of the molecule is N[C@@H](CCC(=O)OCc1ccccc1)C(=O)N1CCCC1. The van der Waals surface area contributed by atoms with E-state index in [1.165, 1.54) is 0 Å². The molecule has 1 aliphatic heterocycles. The van der Waals surface area contributed by atoms with Crippen LogP contribution in [0.2, 0.25) is 0 Å². The van der Waals surface area contributed by atoms with Gasteiger partial charge in [-0.2, -0.15) is 0 Å². The maximum absolute atomic E-state index is 12.0. The number of esters is 1. The lowest BCUT2D eigenvalue weighted by molar-refractivity contribution is -0.145. The molecule has 1 fully saturated rings. The van der Waals surface area contributed by atoms with E-state index >= 15 is 0 Å².